The number of anilines is 6. The predicted molar refractivity (Wildman–Crippen MR) is 221 cm³/mol. The highest BCUT2D eigenvalue weighted by Crippen LogP contribution is 2.40. The molecule has 0 aliphatic heterocycles. The molecule has 4 nitrogen and oxygen atoms in total. The number of rotatable bonds is 8. The van der Waals surface area contributed by atoms with E-state index in [1.807, 2.05) is 109 Å². The molecule has 0 atom stereocenters. The highest BCUT2D eigenvalue weighted by atomic mass is 16.2. The molecule has 0 saturated carbocycles. The first-order chi connectivity index (χ1) is 26.6. The van der Waals surface area contributed by atoms with Crippen LogP contribution in [0.25, 0.3) is 33.4 Å². The van der Waals surface area contributed by atoms with Crippen molar-refractivity contribution < 1.29 is 9.59 Å². The third-order valence-electron chi connectivity index (χ3n) is 10.0. The van der Waals surface area contributed by atoms with Gasteiger partial charge in [-0.2, -0.15) is 0 Å². The number of ketones is 2. The molecular weight excluding hydrogens is 661 g/mol. The van der Waals surface area contributed by atoms with Gasteiger partial charge in [-0.05, 0) is 118 Å². The van der Waals surface area contributed by atoms with E-state index in [2.05, 4.69) is 107 Å². The molecule has 0 spiro atoms. The minimum Gasteiger partial charge on any atom is -0.311 e. The van der Waals surface area contributed by atoms with Crippen LogP contribution >= 0.6 is 0 Å². The molecule has 0 amide bonds. The van der Waals surface area contributed by atoms with Crippen LogP contribution in [0.4, 0.5) is 34.1 Å². The summed E-state index contributed by atoms with van der Waals surface area (Å²) in [6.07, 6.45) is 0. The molecule has 1 aliphatic carbocycles. The molecule has 1 aliphatic rings. The van der Waals surface area contributed by atoms with Crippen LogP contribution in [-0.2, 0) is 0 Å². The van der Waals surface area contributed by atoms with E-state index in [4.69, 9.17) is 0 Å². The predicted octanol–water partition coefficient (Wildman–Crippen LogP) is 13.0. The first kappa shape index (κ1) is 32.6. The molecule has 8 aromatic carbocycles. The average Bonchev–Trinajstić information content (AvgIpc) is 3.25. The molecular formula is C50H34N2O2. The molecule has 54 heavy (non-hydrogen) atoms. The van der Waals surface area contributed by atoms with Crippen LogP contribution in [0.5, 0.6) is 0 Å². The van der Waals surface area contributed by atoms with Crippen LogP contribution in [0.15, 0.2) is 206 Å². The van der Waals surface area contributed by atoms with E-state index in [0.717, 1.165) is 67.5 Å². The molecule has 0 unspecified atom stereocenters. The van der Waals surface area contributed by atoms with Crippen molar-refractivity contribution in [1.82, 2.24) is 0 Å². The normalized spacial score (nSPS) is 11.8. The fourth-order valence-electron chi connectivity index (χ4n) is 7.35. The lowest BCUT2D eigenvalue weighted by molar-refractivity contribution is 0.0815. The number of carbonyl (C=O) groups is 2. The molecule has 0 heterocycles. The fourth-order valence-corrected chi connectivity index (χ4v) is 7.35. The Bertz CT molecular complexity index is 2340. The smallest absolute Gasteiger partial charge is 0.234 e. The lowest BCUT2D eigenvalue weighted by Gasteiger charge is -2.25. The molecule has 0 fully saturated rings. The zero-order valence-electron chi connectivity index (χ0n) is 29.3. The number of Topliss-reactive ketones (excluding diaryl/α,β-unsaturated/α-hetero) is 2. The largest absolute Gasteiger partial charge is 0.311 e. The van der Waals surface area contributed by atoms with Crippen LogP contribution in [0.2, 0.25) is 0 Å². The van der Waals surface area contributed by atoms with E-state index in [-0.39, 0.29) is 0 Å². The zero-order chi connectivity index (χ0) is 36.4. The van der Waals surface area contributed by atoms with Gasteiger partial charge in [0, 0.05) is 45.3 Å². The van der Waals surface area contributed by atoms with Gasteiger partial charge in [-0.1, -0.05) is 121 Å². The Morgan fingerprint density at radius 3 is 0.796 bits per heavy atom. The molecule has 9 rings (SSSR count). The van der Waals surface area contributed by atoms with Crippen molar-refractivity contribution in [3.8, 4) is 33.4 Å². The minimum atomic E-state index is -0.482. The SMILES string of the molecule is O=C1C(=O)c2cc(-c3ccc(N(c4ccccc4)c4ccccc4)cc3)ccc2-c2ccc(-c3ccc(N(c4ccccc4)c4ccccc4)cc3)cc21. The summed E-state index contributed by atoms with van der Waals surface area (Å²) in [5, 5.41) is 0. The molecule has 0 N–H and O–H groups in total. The highest BCUT2D eigenvalue weighted by Gasteiger charge is 2.31. The maximum absolute atomic E-state index is 13.7. The van der Waals surface area contributed by atoms with Gasteiger partial charge in [0.1, 0.15) is 0 Å². The van der Waals surface area contributed by atoms with E-state index >= 15 is 0 Å². The second-order valence-corrected chi connectivity index (χ2v) is 13.3. The second kappa shape index (κ2) is 14.0. The lowest BCUT2D eigenvalue weighted by atomic mass is 9.81. The maximum Gasteiger partial charge on any atom is 0.234 e. The fraction of sp³-hybridized carbons (Fsp3) is 0. The number of para-hydroxylation sites is 4. The molecule has 0 radical (unpaired) electrons. The summed E-state index contributed by atoms with van der Waals surface area (Å²) in [6.45, 7) is 0. The Hall–Kier alpha value is -7.30. The van der Waals surface area contributed by atoms with Gasteiger partial charge >= 0.3 is 0 Å². The monoisotopic (exact) mass is 694 g/mol. The standard InChI is InChI=1S/C50H34N2O2/c53-49-47-33-37(35-21-27-43(28-22-35)51(39-13-5-1-6-14-39)40-15-7-2-8-16-40)25-31-45(47)46-32-26-38(34-48(46)50(49)54)36-23-29-44(30-24-36)52(41-17-9-3-10-18-41)42-19-11-4-12-20-42/h1-34H. The van der Waals surface area contributed by atoms with Gasteiger partial charge in [0.25, 0.3) is 0 Å². The van der Waals surface area contributed by atoms with E-state index in [0.29, 0.717) is 11.1 Å². The number of hydrogen-bond acceptors (Lipinski definition) is 4. The van der Waals surface area contributed by atoms with E-state index in [1.165, 1.54) is 0 Å². The van der Waals surface area contributed by atoms with Crippen molar-refractivity contribution >= 4 is 45.7 Å². The number of fused-ring (bicyclic) bond motifs is 3. The quantitative estimate of drug-likeness (QED) is 0.148. The first-order valence-electron chi connectivity index (χ1n) is 18.0. The molecule has 0 bridgehead atoms. The lowest BCUT2D eigenvalue weighted by Crippen LogP contribution is -2.21. The Morgan fingerprint density at radius 1 is 0.241 bits per heavy atom. The van der Waals surface area contributed by atoms with Crippen molar-refractivity contribution in [2.24, 2.45) is 0 Å². The summed E-state index contributed by atoms with van der Waals surface area (Å²) in [5.74, 6) is -0.965. The van der Waals surface area contributed by atoms with E-state index < -0.39 is 11.6 Å². The van der Waals surface area contributed by atoms with E-state index in [9.17, 15) is 9.59 Å². The van der Waals surface area contributed by atoms with Gasteiger partial charge in [0.2, 0.25) is 11.6 Å². The third-order valence-corrected chi connectivity index (χ3v) is 10.0. The Balaban J connectivity index is 1.01. The first-order valence-corrected chi connectivity index (χ1v) is 18.0. The number of nitrogens with zero attached hydrogens (tertiary/aromatic N) is 2. The van der Waals surface area contributed by atoms with Crippen molar-refractivity contribution in [2.75, 3.05) is 9.80 Å². The van der Waals surface area contributed by atoms with Crippen LogP contribution in [0, 0.1) is 0 Å². The van der Waals surface area contributed by atoms with Crippen molar-refractivity contribution in [2.45, 2.75) is 0 Å². The minimum absolute atomic E-state index is 0.434. The third kappa shape index (κ3) is 6.06. The highest BCUT2D eigenvalue weighted by molar-refractivity contribution is 6.53. The van der Waals surface area contributed by atoms with Crippen LogP contribution in [-0.4, -0.2) is 11.6 Å². The van der Waals surface area contributed by atoms with Crippen molar-refractivity contribution in [3.05, 3.63) is 217 Å². The molecule has 8 aromatic rings. The van der Waals surface area contributed by atoms with Gasteiger partial charge in [0.05, 0.1) is 0 Å². The number of carbonyl (C=O) groups excluding carboxylic acids is 2. The van der Waals surface area contributed by atoms with Crippen LogP contribution in [0.3, 0.4) is 0 Å². The Morgan fingerprint density at radius 2 is 0.500 bits per heavy atom. The van der Waals surface area contributed by atoms with Crippen molar-refractivity contribution in [1.29, 1.82) is 0 Å². The van der Waals surface area contributed by atoms with Gasteiger partial charge in [-0.3, -0.25) is 9.59 Å². The molecule has 4 heteroatoms. The maximum atomic E-state index is 13.7. The summed E-state index contributed by atoms with van der Waals surface area (Å²) in [5.41, 5.74) is 12.4. The van der Waals surface area contributed by atoms with Gasteiger partial charge in [-0.15, -0.1) is 0 Å². The van der Waals surface area contributed by atoms with Gasteiger partial charge in [0.15, 0.2) is 0 Å². The average molecular weight is 695 g/mol. The summed E-state index contributed by atoms with van der Waals surface area (Å²) in [6, 6.07) is 69.4. The number of benzene rings is 8. The Labute approximate surface area is 314 Å². The summed E-state index contributed by atoms with van der Waals surface area (Å²) in [4.78, 5) is 31.8. The van der Waals surface area contributed by atoms with Crippen LogP contribution < -0.4 is 9.80 Å². The summed E-state index contributed by atoms with van der Waals surface area (Å²) in [7, 11) is 0. The van der Waals surface area contributed by atoms with Crippen LogP contribution in [0.1, 0.15) is 20.7 Å². The van der Waals surface area contributed by atoms with Gasteiger partial charge < -0.3 is 9.80 Å². The Kier molecular flexibility index (Phi) is 8.46. The summed E-state index contributed by atoms with van der Waals surface area (Å²) >= 11 is 0. The van der Waals surface area contributed by atoms with Crippen molar-refractivity contribution in [3.63, 3.8) is 0 Å². The molecule has 0 aromatic heterocycles. The molecule has 0 saturated heterocycles. The number of hydrogen-bond donors (Lipinski definition) is 0. The summed E-state index contributed by atoms with van der Waals surface area (Å²) < 4.78 is 0. The zero-order valence-corrected chi connectivity index (χ0v) is 29.3. The second-order valence-electron chi connectivity index (χ2n) is 13.3. The van der Waals surface area contributed by atoms with Gasteiger partial charge in [-0.25, -0.2) is 0 Å². The topological polar surface area (TPSA) is 40.6 Å². The van der Waals surface area contributed by atoms with E-state index in [1.54, 1.807) is 0 Å². The molecule has 256 valence electrons.